The molecule has 0 radical (unpaired) electrons. The Kier molecular flexibility index (Phi) is 15.5. The summed E-state index contributed by atoms with van der Waals surface area (Å²) in [6.45, 7) is 3.22. The van der Waals surface area contributed by atoms with Crippen LogP contribution >= 0.6 is 0 Å². The van der Waals surface area contributed by atoms with E-state index < -0.39 is 30.7 Å². The molecule has 2 N–H and O–H groups in total. The van der Waals surface area contributed by atoms with Crippen molar-refractivity contribution in [2.24, 2.45) is 0 Å². The van der Waals surface area contributed by atoms with Crippen LogP contribution in [0, 0.1) is 0 Å². The van der Waals surface area contributed by atoms with Crippen molar-refractivity contribution in [1.29, 1.82) is 0 Å². The van der Waals surface area contributed by atoms with Crippen molar-refractivity contribution in [3.8, 4) is 0 Å². The molecule has 6 unspecified atom stereocenters. The molecular formula is C26H44N4NiO6S2-4. The number of hydrogen-bond acceptors (Lipinski definition) is 4. The smallest absolute Gasteiger partial charge is 0.269 e. The molecule has 1 saturated carbocycles. The normalized spacial score (nSPS) is 33.2. The van der Waals surface area contributed by atoms with Gasteiger partial charge < -0.3 is 21.3 Å². The number of nitrogens with zero attached hydrogens (tertiary/aromatic N) is 4. The minimum Gasteiger partial charge on any atom is -0.686 e. The third-order valence-electron chi connectivity index (χ3n) is 7.82. The van der Waals surface area contributed by atoms with Gasteiger partial charge in [-0.3, -0.25) is 9.11 Å². The second-order valence-corrected chi connectivity index (χ2v) is 13.9. The topological polar surface area (TPSA) is 165 Å². The van der Waals surface area contributed by atoms with E-state index in [2.05, 4.69) is 33.4 Å². The first-order valence-corrected chi connectivity index (χ1v) is 17.1. The van der Waals surface area contributed by atoms with E-state index in [1.807, 2.05) is 12.3 Å². The fourth-order valence-electron chi connectivity index (χ4n) is 5.75. The van der Waals surface area contributed by atoms with Crippen molar-refractivity contribution in [3.05, 3.63) is 45.7 Å². The van der Waals surface area contributed by atoms with E-state index in [9.17, 15) is 16.8 Å². The van der Waals surface area contributed by atoms with Gasteiger partial charge in [-0.25, -0.2) is 0 Å². The molecule has 0 amide bonds. The van der Waals surface area contributed by atoms with E-state index in [0.29, 0.717) is 37.0 Å². The fraction of sp³-hybridized carbons (Fsp3) is 0.846. The average molecular weight is 631 g/mol. The zero-order valence-corrected chi connectivity index (χ0v) is 25.2. The van der Waals surface area contributed by atoms with Gasteiger partial charge in [0, 0.05) is 16.5 Å². The van der Waals surface area contributed by atoms with Gasteiger partial charge in [-0.15, -0.1) is 37.8 Å². The van der Waals surface area contributed by atoms with E-state index in [0.717, 1.165) is 19.6 Å². The Bertz CT molecular complexity index is 905. The van der Waals surface area contributed by atoms with E-state index in [1.165, 1.54) is 57.8 Å². The second-order valence-electron chi connectivity index (χ2n) is 10.7. The van der Waals surface area contributed by atoms with Gasteiger partial charge in [-0.05, 0) is 12.8 Å². The van der Waals surface area contributed by atoms with E-state index >= 15 is 0 Å². The minimum absolute atomic E-state index is 0. The zero-order valence-electron chi connectivity index (χ0n) is 22.5. The molecule has 0 aromatic rings. The molecule has 5 aliphatic rings. The van der Waals surface area contributed by atoms with Crippen LogP contribution in [-0.2, 0) is 36.7 Å². The molecule has 13 heteroatoms. The van der Waals surface area contributed by atoms with Crippen molar-refractivity contribution in [2.75, 3.05) is 19.6 Å². The van der Waals surface area contributed by atoms with Crippen molar-refractivity contribution in [1.82, 2.24) is 0 Å². The molecule has 0 bridgehead atoms. The van der Waals surface area contributed by atoms with Gasteiger partial charge in [0.2, 0.25) is 0 Å². The average Bonchev–Trinajstić information content (AvgIpc) is 2.95. The third-order valence-corrected chi connectivity index (χ3v) is 10.7. The van der Waals surface area contributed by atoms with Crippen LogP contribution in [0.15, 0.2) is 24.4 Å². The fourth-order valence-corrected chi connectivity index (χ4v) is 8.56. The van der Waals surface area contributed by atoms with Gasteiger partial charge >= 0.3 is 0 Å². The molecule has 0 spiro atoms. The largest absolute Gasteiger partial charge is 0.686 e. The molecule has 39 heavy (non-hydrogen) atoms. The van der Waals surface area contributed by atoms with Gasteiger partial charge in [0.05, 0.1) is 0 Å². The molecule has 4 aliphatic heterocycles. The molecule has 3 saturated heterocycles. The van der Waals surface area contributed by atoms with Crippen molar-refractivity contribution >= 4 is 20.2 Å². The van der Waals surface area contributed by atoms with Crippen LogP contribution in [0.4, 0.5) is 0 Å². The Morgan fingerprint density at radius 2 is 0.974 bits per heavy atom. The van der Waals surface area contributed by atoms with E-state index in [-0.39, 0.29) is 29.3 Å². The van der Waals surface area contributed by atoms with Crippen LogP contribution in [-0.4, -0.2) is 80.2 Å². The van der Waals surface area contributed by atoms with Gasteiger partial charge in [-0.2, -0.15) is 35.1 Å². The van der Waals surface area contributed by atoms with E-state index in [4.69, 9.17) is 9.11 Å². The minimum atomic E-state index is -4.40. The summed E-state index contributed by atoms with van der Waals surface area (Å²) in [7, 11) is -8.79. The first kappa shape index (κ1) is 34.7. The predicted molar refractivity (Wildman–Crippen MR) is 152 cm³/mol. The van der Waals surface area contributed by atoms with Crippen LogP contribution < -0.4 is 0 Å². The monoisotopic (exact) mass is 630 g/mol. The summed E-state index contributed by atoms with van der Waals surface area (Å²) in [6, 6.07) is 1.98. The van der Waals surface area contributed by atoms with E-state index in [1.54, 1.807) is 0 Å². The van der Waals surface area contributed by atoms with Gasteiger partial charge in [0.25, 0.3) is 20.2 Å². The van der Waals surface area contributed by atoms with Gasteiger partial charge in [-0.1, -0.05) is 82.8 Å². The maximum absolute atomic E-state index is 10.8. The second kappa shape index (κ2) is 17.4. The number of piperidine rings is 3. The summed E-state index contributed by atoms with van der Waals surface area (Å²) < 4.78 is 60.8. The Morgan fingerprint density at radius 1 is 0.564 bits per heavy atom. The Hall–Kier alpha value is -0.526. The molecule has 5 rings (SSSR count). The Balaban J connectivity index is 0.000000203. The summed E-state index contributed by atoms with van der Waals surface area (Å²) in [5, 5.41) is 15.5. The SMILES string of the molecule is C1=C[N-]C(C2CCCC[N-]2)C=C1.C1CCC(C2CCCC[N-]2)[N-]C1.O=S(=O)(O)C1CCCCC1S(=O)(=O)O.[Ni]. The van der Waals surface area contributed by atoms with Crippen LogP contribution in [0.1, 0.15) is 83.5 Å². The third kappa shape index (κ3) is 12.1. The molecule has 0 aromatic carbocycles. The van der Waals surface area contributed by atoms with Gasteiger partial charge in [0.15, 0.2) is 0 Å². The Labute approximate surface area is 245 Å². The summed E-state index contributed by atoms with van der Waals surface area (Å²) in [5.74, 6) is 0. The molecular weight excluding hydrogens is 587 g/mol. The summed E-state index contributed by atoms with van der Waals surface area (Å²) in [4.78, 5) is 0. The molecule has 0 aromatic heterocycles. The number of rotatable bonds is 4. The predicted octanol–water partition coefficient (Wildman–Crippen LogP) is 5.65. The van der Waals surface area contributed by atoms with Crippen LogP contribution in [0.5, 0.6) is 0 Å². The standard InChI is InChI=1S/C10H18N2.C10H14N2.C6H12O6S2.Ni/c2*1-3-7-11-9(5-1)10-6-2-4-8-12-10;7-13(8,9)5-3-1-2-4-6(5)14(10,11)12;/h9-10H,1-8H2;1,3,5,7,9-10H,2,4,6,8H2;5-6H,1-4H2,(H,7,8,9)(H,10,11,12);/q2*-2;;. The first-order valence-electron chi connectivity index (χ1n) is 14.1. The van der Waals surface area contributed by atoms with Crippen LogP contribution in [0.2, 0.25) is 0 Å². The molecule has 4 heterocycles. The van der Waals surface area contributed by atoms with Crippen molar-refractivity contribution in [2.45, 2.75) is 118 Å². The van der Waals surface area contributed by atoms with Crippen LogP contribution in [0.25, 0.3) is 21.3 Å². The molecule has 230 valence electrons. The number of allylic oxidation sites excluding steroid dienone is 2. The number of hydrogen-bond donors (Lipinski definition) is 2. The summed E-state index contributed by atoms with van der Waals surface area (Å²) in [5.41, 5.74) is 0. The first-order chi connectivity index (χ1) is 18.2. The maximum Gasteiger partial charge on any atom is 0.269 e. The molecule has 6 atom stereocenters. The summed E-state index contributed by atoms with van der Waals surface area (Å²) in [6.07, 6.45) is 21.1. The molecule has 4 fully saturated rings. The summed E-state index contributed by atoms with van der Waals surface area (Å²) >= 11 is 0. The Morgan fingerprint density at radius 3 is 1.31 bits per heavy atom. The van der Waals surface area contributed by atoms with Crippen molar-refractivity contribution < 1.29 is 42.4 Å². The zero-order chi connectivity index (χ0) is 27.4. The maximum atomic E-state index is 10.8. The van der Waals surface area contributed by atoms with Crippen LogP contribution in [0.3, 0.4) is 0 Å². The van der Waals surface area contributed by atoms with Crippen molar-refractivity contribution in [3.63, 3.8) is 0 Å². The molecule has 1 aliphatic carbocycles. The molecule has 10 nitrogen and oxygen atoms in total. The quantitative estimate of drug-likeness (QED) is 0.301. The van der Waals surface area contributed by atoms with Gasteiger partial charge in [0.1, 0.15) is 10.5 Å².